The number of benzene rings is 2. The number of ether oxygens (including phenoxy) is 1. The van der Waals surface area contributed by atoms with Gasteiger partial charge >= 0.3 is 5.69 Å². The largest absolute Gasteiger partial charge is 0.450 e. The van der Waals surface area contributed by atoms with Gasteiger partial charge in [-0.2, -0.15) is 0 Å². The predicted molar refractivity (Wildman–Crippen MR) is 75.3 cm³/mol. The van der Waals surface area contributed by atoms with E-state index >= 15 is 0 Å². The summed E-state index contributed by atoms with van der Waals surface area (Å²) in [5, 5.41) is 18.3. The number of nitrogen functional groups attached to an aromatic ring is 1. The molecular formula is C14H12FN3O3. The van der Waals surface area contributed by atoms with Gasteiger partial charge in [-0.05, 0) is 42.8 Å². The maximum atomic E-state index is 13.1. The summed E-state index contributed by atoms with van der Waals surface area (Å²) >= 11 is 0. The van der Waals surface area contributed by atoms with E-state index in [1.807, 2.05) is 0 Å². The van der Waals surface area contributed by atoms with Crippen molar-refractivity contribution in [2.75, 3.05) is 0 Å². The van der Waals surface area contributed by atoms with Crippen molar-refractivity contribution in [2.24, 2.45) is 5.73 Å². The van der Waals surface area contributed by atoms with E-state index in [1.165, 1.54) is 12.1 Å². The number of nitrogens with one attached hydrogen (secondary N) is 1. The van der Waals surface area contributed by atoms with E-state index in [0.29, 0.717) is 16.9 Å². The van der Waals surface area contributed by atoms with Crippen molar-refractivity contribution in [3.63, 3.8) is 0 Å². The van der Waals surface area contributed by atoms with Gasteiger partial charge in [-0.15, -0.1) is 0 Å². The lowest BCUT2D eigenvalue weighted by Crippen LogP contribution is -2.12. The van der Waals surface area contributed by atoms with Gasteiger partial charge < -0.3 is 10.5 Å². The first kappa shape index (κ1) is 14.4. The molecule has 0 aromatic heterocycles. The molecule has 0 bridgehead atoms. The van der Waals surface area contributed by atoms with Crippen LogP contribution < -0.4 is 10.5 Å². The summed E-state index contributed by atoms with van der Waals surface area (Å²) in [5.74, 6) is -0.507. The third-order valence-electron chi connectivity index (χ3n) is 2.83. The van der Waals surface area contributed by atoms with Gasteiger partial charge in [0.25, 0.3) is 0 Å². The molecule has 108 valence electrons. The molecule has 6 nitrogen and oxygen atoms in total. The molecule has 0 aliphatic heterocycles. The number of nitrogens with zero attached hydrogens (tertiary/aromatic N) is 1. The highest BCUT2D eigenvalue weighted by Gasteiger charge is 2.17. The predicted octanol–water partition coefficient (Wildman–Crippen LogP) is 3.12. The van der Waals surface area contributed by atoms with Crippen LogP contribution in [0.3, 0.4) is 0 Å². The zero-order valence-corrected chi connectivity index (χ0v) is 11.1. The molecule has 0 saturated heterocycles. The number of nitro benzene ring substituents is 1. The van der Waals surface area contributed by atoms with E-state index in [1.54, 1.807) is 19.1 Å². The third-order valence-corrected chi connectivity index (χ3v) is 2.83. The molecule has 0 heterocycles. The van der Waals surface area contributed by atoms with E-state index in [-0.39, 0.29) is 11.6 Å². The number of nitro groups is 1. The fraction of sp³-hybridized carbons (Fsp3) is 0.0714. The maximum Gasteiger partial charge on any atom is 0.314 e. The number of halogens is 1. The first-order valence-electron chi connectivity index (χ1n) is 5.95. The van der Waals surface area contributed by atoms with Gasteiger partial charge in [0.15, 0.2) is 0 Å². The Balaban J connectivity index is 2.37. The molecule has 7 heteroatoms. The van der Waals surface area contributed by atoms with Crippen LogP contribution >= 0.6 is 0 Å². The maximum absolute atomic E-state index is 13.1. The molecule has 0 fully saturated rings. The van der Waals surface area contributed by atoms with Gasteiger partial charge in [0.2, 0.25) is 5.75 Å². The first-order chi connectivity index (χ1) is 9.88. The van der Waals surface area contributed by atoms with Crippen molar-refractivity contribution in [2.45, 2.75) is 6.92 Å². The Morgan fingerprint density at radius 1 is 1.33 bits per heavy atom. The fourth-order valence-electron chi connectivity index (χ4n) is 1.85. The molecule has 0 unspecified atom stereocenters. The summed E-state index contributed by atoms with van der Waals surface area (Å²) in [5.41, 5.74) is 6.20. The third kappa shape index (κ3) is 3.14. The highest BCUT2D eigenvalue weighted by atomic mass is 19.1. The molecule has 0 radical (unpaired) electrons. The molecule has 2 aromatic carbocycles. The molecule has 3 N–H and O–H groups in total. The average molecular weight is 289 g/mol. The Kier molecular flexibility index (Phi) is 3.84. The molecule has 0 spiro atoms. The van der Waals surface area contributed by atoms with Crippen LogP contribution in [0, 0.1) is 28.3 Å². The number of aryl methyl sites for hydroxylation is 1. The van der Waals surface area contributed by atoms with Crippen LogP contribution in [0.5, 0.6) is 11.5 Å². The Labute approximate surface area is 119 Å². The van der Waals surface area contributed by atoms with Crippen LogP contribution in [0.2, 0.25) is 0 Å². The number of amidine groups is 1. The van der Waals surface area contributed by atoms with Crippen LogP contribution in [-0.2, 0) is 0 Å². The summed E-state index contributed by atoms with van der Waals surface area (Å²) in [6.45, 7) is 1.74. The van der Waals surface area contributed by atoms with Crippen molar-refractivity contribution >= 4 is 11.5 Å². The quantitative estimate of drug-likeness (QED) is 0.390. The number of nitrogens with two attached hydrogens (primary N) is 1. The van der Waals surface area contributed by atoms with Crippen molar-refractivity contribution in [1.82, 2.24) is 0 Å². The van der Waals surface area contributed by atoms with Gasteiger partial charge in [0, 0.05) is 5.56 Å². The second kappa shape index (κ2) is 5.58. The van der Waals surface area contributed by atoms with E-state index < -0.39 is 16.4 Å². The molecule has 21 heavy (non-hydrogen) atoms. The molecule has 0 aliphatic rings. The van der Waals surface area contributed by atoms with Crippen molar-refractivity contribution in [3.8, 4) is 11.5 Å². The van der Waals surface area contributed by atoms with E-state index in [0.717, 1.165) is 12.1 Å². The Hall–Kier alpha value is -2.96. The molecule has 0 amide bonds. The number of rotatable bonds is 4. The summed E-state index contributed by atoms with van der Waals surface area (Å²) in [6, 6.07) is 7.80. The van der Waals surface area contributed by atoms with Gasteiger partial charge in [-0.3, -0.25) is 15.5 Å². The number of hydrogen-bond donors (Lipinski definition) is 2. The number of hydrogen-bond acceptors (Lipinski definition) is 4. The summed E-state index contributed by atoms with van der Waals surface area (Å²) < 4.78 is 18.5. The Bertz CT molecular complexity index is 731. The lowest BCUT2D eigenvalue weighted by molar-refractivity contribution is -0.385. The van der Waals surface area contributed by atoms with Crippen LogP contribution in [0.25, 0.3) is 0 Å². The van der Waals surface area contributed by atoms with E-state index in [9.17, 15) is 14.5 Å². The highest BCUT2D eigenvalue weighted by Crippen LogP contribution is 2.32. The lowest BCUT2D eigenvalue weighted by atomic mass is 10.1. The standard InChI is InChI=1S/C14H12FN3O3/c1-8-6-10(3-4-11(8)14(16)17)21-13-5-2-9(15)7-12(13)18(19)20/h2-7H,1H3,(H3,16,17). The summed E-state index contributed by atoms with van der Waals surface area (Å²) in [6.07, 6.45) is 0. The normalized spacial score (nSPS) is 10.2. The second-order valence-electron chi connectivity index (χ2n) is 4.36. The van der Waals surface area contributed by atoms with E-state index in [4.69, 9.17) is 15.9 Å². The minimum Gasteiger partial charge on any atom is -0.450 e. The Morgan fingerprint density at radius 2 is 2.05 bits per heavy atom. The highest BCUT2D eigenvalue weighted by molar-refractivity contribution is 5.96. The van der Waals surface area contributed by atoms with Gasteiger partial charge in [0.1, 0.15) is 17.4 Å². The van der Waals surface area contributed by atoms with Crippen molar-refractivity contribution in [1.29, 1.82) is 5.41 Å². The molecule has 0 saturated carbocycles. The van der Waals surface area contributed by atoms with Crippen molar-refractivity contribution < 1.29 is 14.1 Å². The van der Waals surface area contributed by atoms with Crippen LogP contribution in [0.1, 0.15) is 11.1 Å². The Morgan fingerprint density at radius 3 is 2.62 bits per heavy atom. The van der Waals surface area contributed by atoms with Gasteiger partial charge in [-0.25, -0.2) is 4.39 Å². The minimum absolute atomic E-state index is 0.0589. The minimum atomic E-state index is -0.713. The molecule has 2 rings (SSSR count). The SMILES string of the molecule is Cc1cc(Oc2ccc(F)cc2[N+](=O)[O-])ccc1C(=N)N. The van der Waals surface area contributed by atoms with E-state index in [2.05, 4.69) is 0 Å². The lowest BCUT2D eigenvalue weighted by Gasteiger charge is -2.09. The monoisotopic (exact) mass is 289 g/mol. The molecular weight excluding hydrogens is 277 g/mol. The van der Waals surface area contributed by atoms with Crippen LogP contribution in [0.15, 0.2) is 36.4 Å². The van der Waals surface area contributed by atoms with Crippen LogP contribution in [0.4, 0.5) is 10.1 Å². The van der Waals surface area contributed by atoms with Crippen LogP contribution in [-0.4, -0.2) is 10.8 Å². The summed E-state index contributed by atoms with van der Waals surface area (Å²) in [7, 11) is 0. The van der Waals surface area contributed by atoms with Gasteiger partial charge in [-0.1, -0.05) is 0 Å². The average Bonchev–Trinajstić information content (AvgIpc) is 2.40. The zero-order valence-electron chi connectivity index (χ0n) is 11.1. The molecule has 0 atom stereocenters. The molecule has 0 aliphatic carbocycles. The zero-order chi connectivity index (χ0) is 15.6. The van der Waals surface area contributed by atoms with Crippen molar-refractivity contribution in [3.05, 3.63) is 63.5 Å². The summed E-state index contributed by atoms with van der Waals surface area (Å²) in [4.78, 5) is 10.2. The molecule has 2 aromatic rings. The van der Waals surface area contributed by atoms with Gasteiger partial charge in [0.05, 0.1) is 11.0 Å². The second-order valence-corrected chi connectivity index (χ2v) is 4.36. The first-order valence-corrected chi connectivity index (χ1v) is 5.95. The fourth-order valence-corrected chi connectivity index (χ4v) is 1.85. The topological polar surface area (TPSA) is 102 Å². The smallest absolute Gasteiger partial charge is 0.314 e.